The molecule has 0 saturated carbocycles. The molecule has 0 saturated heterocycles. The van der Waals surface area contributed by atoms with Crippen LogP contribution in [0, 0.1) is 6.92 Å². The van der Waals surface area contributed by atoms with E-state index in [0.717, 1.165) is 23.1 Å². The average Bonchev–Trinajstić information content (AvgIpc) is 2.29. The lowest BCUT2D eigenvalue weighted by molar-refractivity contribution is -0.137. The summed E-state index contributed by atoms with van der Waals surface area (Å²) < 4.78 is 37.2. The van der Waals surface area contributed by atoms with Crippen LogP contribution in [0.15, 0.2) is 30.5 Å². The molecule has 1 nitrogen and oxygen atoms in total. The first-order valence-corrected chi connectivity index (χ1v) is 5.82. The molecule has 0 fully saturated rings. The molecular weight excluding hydrogens is 239 g/mol. The molecule has 0 bridgehead atoms. The van der Waals surface area contributed by atoms with E-state index in [9.17, 15) is 13.2 Å². The van der Waals surface area contributed by atoms with Gasteiger partial charge in [-0.25, -0.2) is 0 Å². The van der Waals surface area contributed by atoms with Crippen molar-refractivity contribution in [2.24, 2.45) is 0 Å². The fourth-order valence-corrected chi connectivity index (χ4v) is 1.47. The molecule has 0 amide bonds. The van der Waals surface area contributed by atoms with Gasteiger partial charge in [-0.05, 0) is 30.7 Å². The van der Waals surface area contributed by atoms with Gasteiger partial charge in [0.05, 0.1) is 11.1 Å². The predicted octanol–water partition coefficient (Wildman–Crippen LogP) is 4.98. The Hall–Kier alpha value is -1.58. The molecule has 0 spiro atoms. The summed E-state index contributed by atoms with van der Waals surface area (Å²) in [6.45, 7) is 6.09. The number of benzene rings is 1. The van der Waals surface area contributed by atoms with Crippen molar-refractivity contribution in [3.8, 4) is 0 Å². The standard InChI is InChI=1S/C11H8F3N.C3H8/c1-7-4-5-15-10-6-8(11(12,13)14)2-3-9(7)10;1-3-2/h2-6H,1H3;3H2,1-2H3. The molecule has 0 unspecified atom stereocenters. The highest BCUT2D eigenvalue weighted by atomic mass is 19.4. The number of aryl methyl sites for hydroxylation is 1. The van der Waals surface area contributed by atoms with Gasteiger partial charge in [-0.2, -0.15) is 13.2 Å². The summed E-state index contributed by atoms with van der Waals surface area (Å²) in [5.41, 5.74) is 0.645. The number of hydrogen-bond acceptors (Lipinski definition) is 1. The van der Waals surface area contributed by atoms with E-state index in [1.54, 1.807) is 6.07 Å². The normalized spacial score (nSPS) is 11.0. The van der Waals surface area contributed by atoms with Crippen molar-refractivity contribution in [2.45, 2.75) is 33.4 Å². The van der Waals surface area contributed by atoms with Crippen LogP contribution in [-0.2, 0) is 6.18 Å². The Bertz CT molecular complexity index is 518. The second kappa shape index (κ2) is 5.85. The minimum Gasteiger partial charge on any atom is -0.256 e. The lowest BCUT2D eigenvalue weighted by atomic mass is 10.1. The lowest BCUT2D eigenvalue weighted by Crippen LogP contribution is -2.04. The fourth-order valence-electron chi connectivity index (χ4n) is 1.47. The molecule has 1 heterocycles. The molecule has 0 atom stereocenters. The van der Waals surface area contributed by atoms with Crippen LogP contribution in [0.2, 0.25) is 0 Å². The van der Waals surface area contributed by atoms with Gasteiger partial charge in [0.1, 0.15) is 0 Å². The molecule has 0 N–H and O–H groups in total. The van der Waals surface area contributed by atoms with Gasteiger partial charge in [0.25, 0.3) is 0 Å². The van der Waals surface area contributed by atoms with Crippen molar-refractivity contribution in [3.05, 3.63) is 41.6 Å². The summed E-state index contributed by atoms with van der Waals surface area (Å²) in [4.78, 5) is 3.92. The van der Waals surface area contributed by atoms with Crippen LogP contribution in [0.5, 0.6) is 0 Å². The number of pyridine rings is 1. The lowest BCUT2D eigenvalue weighted by Gasteiger charge is -2.07. The number of rotatable bonds is 0. The van der Waals surface area contributed by atoms with E-state index in [2.05, 4.69) is 18.8 Å². The number of fused-ring (bicyclic) bond motifs is 1. The molecule has 0 aliphatic rings. The van der Waals surface area contributed by atoms with Crippen LogP contribution in [0.1, 0.15) is 31.4 Å². The second-order valence-corrected chi connectivity index (χ2v) is 4.06. The Kier molecular flexibility index (Phi) is 4.70. The quantitative estimate of drug-likeness (QED) is 0.647. The number of hydrogen-bond donors (Lipinski definition) is 0. The smallest absolute Gasteiger partial charge is 0.256 e. The van der Waals surface area contributed by atoms with Crippen molar-refractivity contribution in [1.82, 2.24) is 4.98 Å². The van der Waals surface area contributed by atoms with Crippen LogP contribution in [0.25, 0.3) is 10.9 Å². The molecule has 98 valence electrons. The molecule has 1 aromatic heterocycles. The maximum Gasteiger partial charge on any atom is 0.416 e. The van der Waals surface area contributed by atoms with Crippen LogP contribution in [-0.4, -0.2) is 4.98 Å². The highest BCUT2D eigenvalue weighted by Gasteiger charge is 2.30. The van der Waals surface area contributed by atoms with Gasteiger partial charge in [0.2, 0.25) is 0 Å². The Balaban J connectivity index is 0.000000492. The zero-order valence-corrected chi connectivity index (χ0v) is 10.7. The molecule has 0 aliphatic heterocycles. The van der Waals surface area contributed by atoms with Crippen LogP contribution >= 0.6 is 0 Å². The SMILES string of the molecule is CCC.Cc1ccnc2cc(C(F)(F)F)ccc12. The van der Waals surface area contributed by atoms with Crippen LogP contribution in [0.3, 0.4) is 0 Å². The first kappa shape index (κ1) is 14.5. The Morgan fingerprint density at radius 2 is 1.72 bits per heavy atom. The van der Waals surface area contributed by atoms with Gasteiger partial charge < -0.3 is 0 Å². The van der Waals surface area contributed by atoms with Crippen LogP contribution in [0.4, 0.5) is 13.2 Å². The largest absolute Gasteiger partial charge is 0.416 e. The van der Waals surface area contributed by atoms with E-state index in [1.165, 1.54) is 18.7 Å². The summed E-state index contributed by atoms with van der Waals surface area (Å²) in [6.07, 6.45) is -1.54. The molecule has 1 aromatic carbocycles. The summed E-state index contributed by atoms with van der Waals surface area (Å²) >= 11 is 0. The molecule has 2 rings (SSSR count). The van der Waals surface area contributed by atoms with Crippen molar-refractivity contribution >= 4 is 10.9 Å². The summed E-state index contributed by atoms with van der Waals surface area (Å²) in [7, 11) is 0. The van der Waals surface area contributed by atoms with Crippen LogP contribution < -0.4 is 0 Å². The first-order valence-electron chi connectivity index (χ1n) is 5.82. The highest BCUT2D eigenvalue weighted by molar-refractivity contribution is 5.82. The third-order valence-corrected chi connectivity index (χ3v) is 2.29. The number of nitrogens with zero attached hydrogens (tertiary/aromatic N) is 1. The Morgan fingerprint density at radius 1 is 1.11 bits per heavy atom. The molecule has 4 heteroatoms. The highest BCUT2D eigenvalue weighted by Crippen LogP contribution is 2.31. The number of aromatic nitrogens is 1. The fraction of sp³-hybridized carbons (Fsp3) is 0.357. The maximum atomic E-state index is 12.4. The van der Waals surface area contributed by atoms with Gasteiger partial charge in [-0.1, -0.05) is 26.3 Å². The Morgan fingerprint density at radius 3 is 2.28 bits per heavy atom. The van der Waals surface area contributed by atoms with E-state index in [1.807, 2.05) is 6.92 Å². The minimum absolute atomic E-state index is 0.379. The molecule has 0 radical (unpaired) electrons. The van der Waals surface area contributed by atoms with E-state index in [4.69, 9.17) is 0 Å². The van der Waals surface area contributed by atoms with Gasteiger partial charge in [-0.15, -0.1) is 0 Å². The topological polar surface area (TPSA) is 12.9 Å². The Labute approximate surface area is 105 Å². The van der Waals surface area contributed by atoms with Gasteiger partial charge in [0, 0.05) is 11.6 Å². The molecule has 18 heavy (non-hydrogen) atoms. The van der Waals surface area contributed by atoms with Crippen molar-refractivity contribution in [1.29, 1.82) is 0 Å². The third kappa shape index (κ3) is 3.45. The number of alkyl halides is 3. The third-order valence-electron chi connectivity index (χ3n) is 2.29. The summed E-state index contributed by atoms with van der Waals surface area (Å²) in [5, 5.41) is 0.755. The first-order chi connectivity index (χ1) is 8.40. The second-order valence-electron chi connectivity index (χ2n) is 4.06. The van der Waals surface area contributed by atoms with Crippen molar-refractivity contribution in [3.63, 3.8) is 0 Å². The molecule has 2 aromatic rings. The number of halogens is 3. The van der Waals surface area contributed by atoms with E-state index >= 15 is 0 Å². The average molecular weight is 255 g/mol. The molecular formula is C14H16F3N. The van der Waals surface area contributed by atoms with E-state index < -0.39 is 11.7 Å². The van der Waals surface area contributed by atoms with Gasteiger partial charge >= 0.3 is 6.18 Å². The zero-order valence-electron chi connectivity index (χ0n) is 10.7. The monoisotopic (exact) mass is 255 g/mol. The van der Waals surface area contributed by atoms with E-state index in [-0.39, 0.29) is 0 Å². The van der Waals surface area contributed by atoms with Crippen molar-refractivity contribution in [2.75, 3.05) is 0 Å². The molecule has 0 aliphatic carbocycles. The summed E-state index contributed by atoms with van der Waals surface area (Å²) in [5.74, 6) is 0. The minimum atomic E-state index is -4.31. The van der Waals surface area contributed by atoms with Crippen molar-refractivity contribution < 1.29 is 13.2 Å². The maximum absolute atomic E-state index is 12.4. The zero-order chi connectivity index (χ0) is 13.8. The summed E-state index contributed by atoms with van der Waals surface area (Å²) in [6, 6.07) is 5.38. The van der Waals surface area contributed by atoms with Gasteiger partial charge in [-0.3, -0.25) is 4.98 Å². The predicted molar refractivity (Wildman–Crippen MR) is 67.4 cm³/mol. The van der Waals surface area contributed by atoms with Gasteiger partial charge in [0.15, 0.2) is 0 Å². The van der Waals surface area contributed by atoms with E-state index in [0.29, 0.717) is 5.52 Å².